The molecule has 4 nitrogen and oxygen atoms in total. The van der Waals surface area contributed by atoms with Gasteiger partial charge in [-0.3, -0.25) is 0 Å². The van der Waals surface area contributed by atoms with Gasteiger partial charge >= 0.3 is 6.01 Å². The summed E-state index contributed by atoms with van der Waals surface area (Å²) in [5.41, 5.74) is 0.995. The minimum absolute atomic E-state index is 0.250. The Balaban J connectivity index is 2.28. The molecule has 2 aromatic rings. The van der Waals surface area contributed by atoms with Crippen LogP contribution in [0.5, 0.6) is 17.6 Å². The van der Waals surface area contributed by atoms with Crippen LogP contribution in [0.1, 0.15) is 5.56 Å². The maximum atomic E-state index is 5.62. The Morgan fingerprint density at radius 3 is 2.67 bits per heavy atom. The van der Waals surface area contributed by atoms with Crippen LogP contribution in [0, 0.1) is 6.92 Å². The van der Waals surface area contributed by atoms with Gasteiger partial charge in [-0.25, -0.2) is 4.98 Å². The van der Waals surface area contributed by atoms with Crippen molar-refractivity contribution in [1.82, 2.24) is 9.97 Å². The lowest BCUT2D eigenvalue weighted by Crippen LogP contribution is -1.96. The van der Waals surface area contributed by atoms with E-state index in [1.807, 2.05) is 25.1 Å². The highest BCUT2D eigenvalue weighted by Crippen LogP contribution is 2.28. The first-order valence-electron chi connectivity index (χ1n) is 5.10. The highest BCUT2D eigenvalue weighted by atomic mass is 79.9. The van der Waals surface area contributed by atoms with Crippen molar-refractivity contribution in [1.29, 1.82) is 0 Å². The van der Waals surface area contributed by atoms with Crippen LogP contribution in [0.25, 0.3) is 0 Å². The molecule has 0 radical (unpaired) electrons. The van der Waals surface area contributed by atoms with E-state index in [0.717, 1.165) is 10.0 Å². The molecule has 1 heterocycles. The number of ether oxygens (including phenoxy) is 2. The number of halogens is 2. The maximum Gasteiger partial charge on any atom is 0.325 e. The summed E-state index contributed by atoms with van der Waals surface area (Å²) < 4.78 is 12.4. The molecule has 0 saturated carbocycles. The second-order valence-corrected chi connectivity index (χ2v) is 5.29. The Morgan fingerprint density at radius 1 is 1.22 bits per heavy atom. The van der Waals surface area contributed by atoms with Crippen molar-refractivity contribution in [3.05, 3.63) is 38.9 Å². The molecule has 0 amide bonds. The first-order valence-corrected chi connectivity index (χ1v) is 6.69. The molecular weight excluding hydrogens is 364 g/mol. The van der Waals surface area contributed by atoms with Gasteiger partial charge in [-0.2, -0.15) is 4.98 Å². The smallest absolute Gasteiger partial charge is 0.325 e. The second kappa shape index (κ2) is 5.67. The zero-order valence-electron chi connectivity index (χ0n) is 9.78. The number of hydrogen-bond donors (Lipinski definition) is 0. The fourth-order valence-electron chi connectivity index (χ4n) is 1.35. The predicted octanol–water partition coefficient (Wildman–Crippen LogP) is 4.11. The zero-order valence-corrected chi connectivity index (χ0v) is 12.9. The van der Waals surface area contributed by atoms with E-state index in [2.05, 4.69) is 41.8 Å². The van der Waals surface area contributed by atoms with E-state index in [0.29, 0.717) is 16.1 Å². The minimum atomic E-state index is 0.250. The summed E-state index contributed by atoms with van der Waals surface area (Å²) in [6.45, 7) is 1.95. The molecule has 2 rings (SSSR count). The molecule has 0 aliphatic carbocycles. The molecular formula is C12H10Br2N2O2. The molecule has 1 aromatic carbocycles. The standard InChI is InChI=1S/C12H10Br2N2O2/c1-7-5-8(13)3-4-10(7)18-12-15-6-9(14)11(16-12)17-2/h3-6H,1-2H3. The second-order valence-electron chi connectivity index (χ2n) is 3.52. The summed E-state index contributed by atoms with van der Waals surface area (Å²) in [5, 5.41) is 0. The van der Waals surface area contributed by atoms with Gasteiger partial charge < -0.3 is 9.47 Å². The molecule has 0 N–H and O–H groups in total. The van der Waals surface area contributed by atoms with Crippen LogP contribution in [0.3, 0.4) is 0 Å². The number of rotatable bonds is 3. The number of methoxy groups -OCH3 is 1. The van der Waals surface area contributed by atoms with Crippen molar-refractivity contribution >= 4 is 31.9 Å². The third-order valence-corrected chi connectivity index (χ3v) is 3.26. The quantitative estimate of drug-likeness (QED) is 0.811. The summed E-state index contributed by atoms with van der Waals surface area (Å²) in [5.74, 6) is 1.15. The Morgan fingerprint density at radius 2 is 2.00 bits per heavy atom. The van der Waals surface area contributed by atoms with Crippen LogP contribution in [0.4, 0.5) is 0 Å². The highest BCUT2D eigenvalue weighted by molar-refractivity contribution is 9.10. The van der Waals surface area contributed by atoms with Crippen molar-refractivity contribution in [2.45, 2.75) is 6.92 Å². The number of benzene rings is 1. The van der Waals surface area contributed by atoms with Gasteiger partial charge in [-0.05, 0) is 46.6 Å². The monoisotopic (exact) mass is 372 g/mol. The summed E-state index contributed by atoms with van der Waals surface area (Å²) in [7, 11) is 1.54. The van der Waals surface area contributed by atoms with Gasteiger partial charge in [0, 0.05) is 4.47 Å². The Hall–Kier alpha value is -1.14. The fourth-order valence-corrected chi connectivity index (χ4v) is 2.18. The fraction of sp³-hybridized carbons (Fsp3) is 0.167. The Labute approximate surface area is 122 Å². The number of aromatic nitrogens is 2. The van der Waals surface area contributed by atoms with Gasteiger partial charge in [0.25, 0.3) is 0 Å². The van der Waals surface area contributed by atoms with Crippen LogP contribution < -0.4 is 9.47 Å². The Kier molecular flexibility index (Phi) is 4.19. The number of nitrogens with zero attached hydrogens (tertiary/aromatic N) is 2. The van der Waals surface area contributed by atoms with Crippen molar-refractivity contribution in [3.8, 4) is 17.6 Å². The molecule has 94 valence electrons. The summed E-state index contributed by atoms with van der Waals surface area (Å²) in [4.78, 5) is 8.21. The van der Waals surface area contributed by atoms with Crippen molar-refractivity contribution in [2.24, 2.45) is 0 Å². The third-order valence-electron chi connectivity index (χ3n) is 2.22. The lowest BCUT2D eigenvalue weighted by atomic mass is 10.2. The molecule has 0 atom stereocenters. The topological polar surface area (TPSA) is 44.2 Å². The lowest BCUT2D eigenvalue weighted by molar-refractivity contribution is 0.373. The predicted molar refractivity (Wildman–Crippen MR) is 75.2 cm³/mol. The van der Waals surface area contributed by atoms with Crippen LogP contribution >= 0.6 is 31.9 Å². The Bertz CT molecular complexity index is 576. The average molecular weight is 374 g/mol. The highest BCUT2D eigenvalue weighted by Gasteiger charge is 2.08. The molecule has 0 saturated heterocycles. The van der Waals surface area contributed by atoms with E-state index >= 15 is 0 Å². The van der Waals surface area contributed by atoms with E-state index in [1.165, 1.54) is 0 Å². The molecule has 0 unspecified atom stereocenters. The largest absolute Gasteiger partial charge is 0.480 e. The zero-order chi connectivity index (χ0) is 13.1. The van der Waals surface area contributed by atoms with E-state index in [1.54, 1.807) is 13.3 Å². The molecule has 18 heavy (non-hydrogen) atoms. The van der Waals surface area contributed by atoms with E-state index in [9.17, 15) is 0 Å². The van der Waals surface area contributed by atoms with Gasteiger partial charge in [0.1, 0.15) is 5.75 Å². The summed E-state index contributed by atoms with van der Waals surface area (Å²) >= 11 is 6.69. The molecule has 1 aromatic heterocycles. The minimum Gasteiger partial charge on any atom is -0.480 e. The van der Waals surface area contributed by atoms with Gasteiger partial charge in [0.2, 0.25) is 5.88 Å². The molecule has 0 bridgehead atoms. The van der Waals surface area contributed by atoms with E-state index in [4.69, 9.17) is 9.47 Å². The molecule has 0 aliphatic rings. The van der Waals surface area contributed by atoms with Crippen LogP contribution in [-0.2, 0) is 0 Å². The van der Waals surface area contributed by atoms with Crippen molar-refractivity contribution in [2.75, 3.05) is 7.11 Å². The van der Waals surface area contributed by atoms with Crippen LogP contribution in [0.2, 0.25) is 0 Å². The lowest BCUT2D eigenvalue weighted by Gasteiger charge is -2.08. The summed E-state index contributed by atoms with van der Waals surface area (Å²) in [6.07, 6.45) is 1.59. The molecule has 0 spiro atoms. The SMILES string of the molecule is COc1nc(Oc2ccc(Br)cc2C)ncc1Br. The van der Waals surface area contributed by atoms with Gasteiger partial charge in [-0.1, -0.05) is 15.9 Å². The summed E-state index contributed by atoms with van der Waals surface area (Å²) in [6, 6.07) is 5.97. The number of hydrogen-bond acceptors (Lipinski definition) is 4. The van der Waals surface area contributed by atoms with Gasteiger partial charge in [-0.15, -0.1) is 0 Å². The third kappa shape index (κ3) is 3.00. The maximum absolute atomic E-state index is 5.62. The molecule has 0 fully saturated rings. The van der Waals surface area contributed by atoms with Crippen LogP contribution in [0.15, 0.2) is 33.3 Å². The van der Waals surface area contributed by atoms with Gasteiger partial charge in [0.15, 0.2) is 0 Å². The number of aryl methyl sites for hydroxylation is 1. The van der Waals surface area contributed by atoms with E-state index < -0.39 is 0 Å². The molecule has 6 heteroatoms. The normalized spacial score (nSPS) is 10.2. The molecule has 0 aliphatic heterocycles. The average Bonchev–Trinajstić information content (AvgIpc) is 2.35. The van der Waals surface area contributed by atoms with Crippen LogP contribution in [-0.4, -0.2) is 17.1 Å². The van der Waals surface area contributed by atoms with Crippen molar-refractivity contribution in [3.63, 3.8) is 0 Å². The van der Waals surface area contributed by atoms with Crippen molar-refractivity contribution < 1.29 is 9.47 Å². The van der Waals surface area contributed by atoms with Gasteiger partial charge in [0.05, 0.1) is 17.8 Å². The first kappa shape index (κ1) is 13.3. The van der Waals surface area contributed by atoms with E-state index in [-0.39, 0.29) is 6.01 Å². The first-order chi connectivity index (χ1) is 8.60.